The lowest BCUT2D eigenvalue weighted by atomic mass is 10.2. The van der Waals surface area contributed by atoms with Gasteiger partial charge in [-0.05, 0) is 18.2 Å². The van der Waals surface area contributed by atoms with E-state index in [1.165, 1.54) is 12.3 Å². The molecule has 0 fully saturated rings. The molecule has 0 saturated carbocycles. The SMILES string of the molecule is O=C(O)C1C=COC1.c1ccncc1. The molecule has 14 heavy (non-hydrogen) atoms. The largest absolute Gasteiger partial charge is 0.500 e. The highest BCUT2D eigenvalue weighted by atomic mass is 16.5. The number of hydrogen-bond donors (Lipinski definition) is 1. The van der Waals surface area contributed by atoms with Gasteiger partial charge < -0.3 is 9.84 Å². The summed E-state index contributed by atoms with van der Waals surface area (Å²) in [6.07, 6.45) is 6.45. The van der Waals surface area contributed by atoms with Crippen LogP contribution in [0.2, 0.25) is 0 Å². The van der Waals surface area contributed by atoms with E-state index in [1.54, 1.807) is 12.4 Å². The van der Waals surface area contributed by atoms with Crippen LogP contribution in [0.5, 0.6) is 0 Å². The van der Waals surface area contributed by atoms with Crippen LogP contribution in [0.15, 0.2) is 42.9 Å². The van der Waals surface area contributed by atoms with Gasteiger partial charge >= 0.3 is 5.97 Å². The third-order valence-corrected chi connectivity index (χ3v) is 1.57. The van der Waals surface area contributed by atoms with E-state index in [-0.39, 0.29) is 6.61 Å². The first-order chi connectivity index (χ1) is 6.80. The van der Waals surface area contributed by atoms with Gasteiger partial charge in [0, 0.05) is 12.4 Å². The van der Waals surface area contributed by atoms with Crippen LogP contribution in [0.3, 0.4) is 0 Å². The highest BCUT2D eigenvalue weighted by molar-refractivity contribution is 5.72. The quantitative estimate of drug-likeness (QED) is 0.730. The van der Waals surface area contributed by atoms with E-state index in [4.69, 9.17) is 5.11 Å². The number of pyridine rings is 1. The van der Waals surface area contributed by atoms with E-state index in [2.05, 4.69) is 9.72 Å². The van der Waals surface area contributed by atoms with Gasteiger partial charge in [0.05, 0.1) is 6.26 Å². The Labute approximate surface area is 81.9 Å². The Balaban J connectivity index is 0.000000146. The fourth-order valence-corrected chi connectivity index (χ4v) is 0.831. The standard InChI is InChI=1S/C5H5N.C5H6O3/c1-2-4-6-5-3-1;6-5(7)4-1-2-8-3-4/h1-5H;1-2,4H,3H2,(H,6,7). The van der Waals surface area contributed by atoms with Crippen molar-refractivity contribution in [2.24, 2.45) is 5.92 Å². The zero-order valence-corrected chi connectivity index (χ0v) is 7.54. The second-order valence-electron chi connectivity index (χ2n) is 2.63. The summed E-state index contributed by atoms with van der Waals surface area (Å²) in [6, 6.07) is 5.72. The highest BCUT2D eigenvalue weighted by Gasteiger charge is 2.17. The molecule has 74 valence electrons. The van der Waals surface area contributed by atoms with E-state index in [9.17, 15) is 4.79 Å². The van der Waals surface area contributed by atoms with Crippen molar-refractivity contribution >= 4 is 5.97 Å². The Bertz CT molecular complexity index is 271. The zero-order valence-electron chi connectivity index (χ0n) is 7.54. The van der Waals surface area contributed by atoms with Crippen molar-refractivity contribution in [2.45, 2.75) is 0 Å². The van der Waals surface area contributed by atoms with Crippen LogP contribution < -0.4 is 0 Å². The van der Waals surface area contributed by atoms with Crippen molar-refractivity contribution < 1.29 is 14.6 Å². The lowest BCUT2D eigenvalue weighted by Gasteiger charge is -1.95. The fraction of sp³-hybridized carbons (Fsp3) is 0.200. The minimum absolute atomic E-state index is 0.287. The summed E-state index contributed by atoms with van der Waals surface area (Å²) in [5, 5.41) is 8.28. The van der Waals surface area contributed by atoms with E-state index in [0.717, 1.165) is 0 Å². The van der Waals surface area contributed by atoms with Gasteiger partial charge in [0.1, 0.15) is 12.5 Å². The van der Waals surface area contributed by atoms with Gasteiger partial charge in [-0.3, -0.25) is 9.78 Å². The molecule has 1 aliphatic heterocycles. The molecule has 2 heterocycles. The Morgan fingerprint density at radius 2 is 2.07 bits per heavy atom. The van der Waals surface area contributed by atoms with E-state index >= 15 is 0 Å². The topological polar surface area (TPSA) is 59.4 Å². The molecule has 4 heteroatoms. The molecule has 1 aromatic rings. The first-order valence-electron chi connectivity index (χ1n) is 4.17. The number of nitrogens with zero attached hydrogens (tertiary/aromatic N) is 1. The van der Waals surface area contributed by atoms with Gasteiger partial charge in [0.25, 0.3) is 0 Å². The van der Waals surface area contributed by atoms with Crippen LogP contribution in [0.4, 0.5) is 0 Å². The first kappa shape index (κ1) is 10.2. The third-order valence-electron chi connectivity index (χ3n) is 1.57. The third kappa shape index (κ3) is 3.71. The van der Waals surface area contributed by atoms with Crippen molar-refractivity contribution in [3.63, 3.8) is 0 Å². The fourth-order valence-electron chi connectivity index (χ4n) is 0.831. The molecule has 0 saturated heterocycles. The number of rotatable bonds is 1. The molecule has 1 aromatic heterocycles. The van der Waals surface area contributed by atoms with Crippen molar-refractivity contribution in [2.75, 3.05) is 6.61 Å². The maximum atomic E-state index is 10.1. The van der Waals surface area contributed by atoms with Gasteiger partial charge in [0.15, 0.2) is 0 Å². The van der Waals surface area contributed by atoms with E-state index in [0.29, 0.717) is 0 Å². The molecule has 2 rings (SSSR count). The predicted molar refractivity (Wildman–Crippen MR) is 50.5 cm³/mol. The number of aromatic nitrogens is 1. The van der Waals surface area contributed by atoms with Crippen molar-refractivity contribution in [1.29, 1.82) is 0 Å². The van der Waals surface area contributed by atoms with Crippen molar-refractivity contribution in [3.8, 4) is 0 Å². The molecule has 1 N–H and O–H groups in total. The van der Waals surface area contributed by atoms with Gasteiger partial charge in [-0.25, -0.2) is 0 Å². The second-order valence-corrected chi connectivity index (χ2v) is 2.63. The number of ether oxygens (including phenoxy) is 1. The van der Waals surface area contributed by atoms with Gasteiger partial charge in [0.2, 0.25) is 0 Å². The summed E-state index contributed by atoms with van der Waals surface area (Å²) < 4.78 is 4.66. The zero-order chi connectivity index (χ0) is 10.2. The molecule has 1 unspecified atom stereocenters. The first-order valence-corrected chi connectivity index (χ1v) is 4.17. The maximum Gasteiger partial charge on any atom is 0.313 e. The number of carbonyl (C=O) groups is 1. The average Bonchev–Trinajstić information content (AvgIpc) is 2.74. The summed E-state index contributed by atoms with van der Waals surface area (Å²) >= 11 is 0. The average molecular weight is 193 g/mol. The second kappa shape index (κ2) is 5.75. The molecular formula is C10H11NO3. The molecule has 0 aliphatic carbocycles. The number of carboxylic acids is 1. The van der Waals surface area contributed by atoms with E-state index < -0.39 is 11.9 Å². The van der Waals surface area contributed by atoms with Gasteiger partial charge in [-0.2, -0.15) is 0 Å². The van der Waals surface area contributed by atoms with E-state index in [1.807, 2.05) is 18.2 Å². The molecule has 0 amide bonds. The van der Waals surface area contributed by atoms with Crippen molar-refractivity contribution in [3.05, 3.63) is 42.9 Å². The molecule has 1 aliphatic rings. The Hall–Kier alpha value is -1.84. The highest BCUT2D eigenvalue weighted by Crippen LogP contribution is 2.06. The molecule has 0 radical (unpaired) electrons. The number of carboxylic acid groups (broad SMARTS) is 1. The molecule has 0 spiro atoms. The van der Waals surface area contributed by atoms with Crippen LogP contribution in [-0.2, 0) is 9.53 Å². The summed E-state index contributed by atoms with van der Waals surface area (Å²) in [5.41, 5.74) is 0. The van der Waals surface area contributed by atoms with Crippen LogP contribution in [-0.4, -0.2) is 22.7 Å². The summed E-state index contributed by atoms with van der Waals surface area (Å²) in [6.45, 7) is 0.287. The van der Waals surface area contributed by atoms with Crippen LogP contribution in [0, 0.1) is 5.92 Å². The Kier molecular flexibility index (Phi) is 4.20. The molecule has 4 nitrogen and oxygen atoms in total. The minimum atomic E-state index is -0.821. The van der Waals surface area contributed by atoms with Gasteiger partial charge in [-0.15, -0.1) is 0 Å². The summed E-state index contributed by atoms with van der Waals surface area (Å²) in [5.74, 6) is -1.24. The van der Waals surface area contributed by atoms with Crippen LogP contribution in [0.1, 0.15) is 0 Å². The van der Waals surface area contributed by atoms with Gasteiger partial charge in [-0.1, -0.05) is 6.07 Å². The molecule has 1 atom stereocenters. The minimum Gasteiger partial charge on any atom is -0.500 e. The predicted octanol–water partition coefficient (Wildman–Crippen LogP) is 1.31. The monoisotopic (exact) mass is 193 g/mol. The maximum absolute atomic E-state index is 10.1. The lowest BCUT2D eigenvalue weighted by Crippen LogP contribution is -2.11. The Morgan fingerprint density at radius 3 is 2.29 bits per heavy atom. The number of aliphatic carboxylic acids is 1. The normalized spacial score (nSPS) is 17.9. The lowest BCUT2D eigenvalue weighted by molar-refractivity contribution is -0.140. The molecular weight excluding hydrogens is 182 g/mol. The Morgan fingerprint density at radius 1 is 1.36 bits per heavy atom. The van der Waals surface area contributed by atoms with Crippen LogP contribution in [0.25, 0.3) is 0 Å². The number of hydrogen-bond acceptors (Lipinski definition) is 3. The summed E-state index contributed by atoms with van der Waals surface area (Å²) in [7, 11) is 0. The smallest absolute Gasteiger partial charge is 0.313 e. The van der Waals surface area contributed by atoms with Crippen molar-refractivity contribution in [1.82, 2.24) is 4.98 Å². The molecule has 0 bridgehead atoms. The summed E-state index contributed by atoms with van der Waals surface area (Å²) in [4.78, 5) is 13.9. The van der Waals surface area contributed by atoms with Crippen LogP contribution >= 0.6 is 0 Å². The molecule has 0 aromatic carbocycles.